The fraction of sp³-hybridized carbons (Fsp3) is 0.0204. The Hall–Kier alpha value is -6.84. The summed E-state index contributed by atoms with van der Waals surface area (Å²) in [5.41, 5.74) is 13.9. The molecule has 8 aromatic carbocycles. The zero-order valence-corrected chi connectivity index (χ0v) is 28.1. The first kappa shape index (κ1) is 27.9. The lowest BCUT2D eigenvalue weighted by molar-refractivity contribution is 0.437. The quantitative estimate of drug-likeness (QED) is 0.180. The summed E-state index contributed by atoms with van der Waals surface area (Å²) in [6, 6.07) is 66.3. The molecule has 3 nitrogen and oxygen atoms in total. The van der Waals surface area contributed by atoms with E-state index in [1.165, 1.54) is 77.0 Å². The van der Waals surface area contributed by atoms with Crippen molar-refractivity contribution in [2.75, 3.05) is 0 Å². The van der Waals surface area contributed by atoms with Gasteiger partial charge in [0.15, 0.2) is 0 Å². The number of fused-ring (bicyclic) bond motifs is 17. The normalized spacial score (nSPS) is 13.7. The van der Waals surface area contributed by atoms with Crippen molar-refractivity contribution in [1.82, 2.24) is 9.13 Å². The van der Waals surface area contributed by atoms with E-state index in [1.54, 1.807) is 0 Å². The molecule has 1 spiro atoms. The van der Waals surface area contributed by atoms with Crippen LogP contribution in [0, 0.1) is 0 Å². The smallest absolute Gasteiger partial charge is 0.132 e. The monoisotopic (exact) mass is 662 g/mol. The van der Waals surface area contributed by atoms with Crippen molar-refractivity contribution in [1.29, 1.82) is 0 Å². The number of ether oxygens (including phenoxy) is 1. The van der Waals surface area contributed by atoms with Crippen LogP contribution in [-0.2, 0) is 5.41 Å². The molecule has 12 rings (SSSR count). The summed E-state index contributed by atoms with van der Waals surface area (Å²) in [7, 11) is 0. The van der Waals surface area contributed by atoms with Crippen molar-refractivity contribution in [3.63, 3.8) is 0 Å². The summed E-state index contributed by atoms with van der Waals surface area (Å²) in [6.07, 6.45) is 0. The zero-order valence-electron chi connectivity index (χ0n) is 28.1. The van der Waals surface area contributed by atoms with E-state index in [9.17, 15) is 0 Å². The van der Waals surface area contributed by atoms with Gasteiger partial charge in [-0.25, -0.2) is 0 Å². The van der Waals surface area contributed by atoms with Gasteiger partial charge in [-0.15, -0.1) is 0 Å². The van der Waals surface area contributed by atoms with Crippen LogP contribution in [0.25, 0.3) is 66.1 Å². The highest BCUT2D eigenvalue weighted by Crippen LogP contribution is 2.66. The van der Waals surface area contributed by atoms with Crippen LogP contribution in [0.4, 0.5) is 0 Å². The largest absolute Gasteiger partial charge is 0.457 e. The summed E-state index contributed by atoms with van der Waals surface area (Å²) in [5.74, 6) is 1.79. The fourth-order valence-electron chi connectivity index (χ4n) is 9.72. The molecule has 10 aromatic rings. The van der Waals surface area contributed by atoms with E-state index in [2.05, 4.69) is 191 Å². The average molecular weight is 663 g/mol. The van der Waals surface area contributed by atoms with Crippen LogP contribution in [-0.4, -0.2) is 9.13 Å². The highest BCUT2D eigenvalue weighted by molar-refractivity contribution is 6.20. The van der Waals surface area contributed by atoms with Crippen LogP contribution in [0.2, 0.25) is 0 Å². The van der Waals surface area contributed by atoms with Crippen LogP contribution < -0.4 is 4.74 Å². The van der Waals surface area contributed by atoms with E-state index in [4.69, 9.17) is 4.74 Å². The third kappa shape index (κ3) is 3.36. The van der Waals surface area contributed by atoms with E-state index in [1.807, 2.05) is 0 Å². The van der Waals surface area contributed by atoms with E-state index >= 15 is 0 Å². The van der Waals surface area contributed by atoms with Gasteiger partial charge in [0.05, 0.1) is 27.5 Å². The first-order chi connectivity index (χ1) is 25.8. The van der Waals surface area contributed by atoms with Gasteiger partial charge in [-0.05, 0) is 82.9 Å². The van der Waals surface area contributed by atoms with Crippen molar-refractivity contribution >= 4 is 43.6 Å². The second-order valence-corrected chi connectivity index (χ2v) is 14.0. The van der Waals surface area contributed by atoms with Gasteiger partial charge in [0.1, 0.15) is 11.5 Å². The van der Waals surface area contributed by atoms with Gasteiger partial charge in [-0.2, -0.15) is 0 Å². The molecule has 0 saturated carbocycles. The molecule has 0 fully saturated rings. The third-order valence-corrected chi connectivity index (χ3v) is 11.5. The fourth-order valence-corrected chi connectivity index (χ4v) is 9.72. The molecule has 2 aromatic heterocycles. The maximum atomic E-state index is 6.83. The van der Waals surface area contributed by atoms with Crippen molar-refractivity contribution < 1.29 is 4.74 Å². The van der Waals surface area contributed by atoms with Crippen LogP contribution in [0.15, 0.2) is 182 Å². The van der Waals surface area contributed by atoms with Crippen LogP contribution in [0.5, 0.6) is 11.5 Å². The molecule has 0 radical (unpaired) electrons. The topological polar surface area (TPSA) is 19.1 Å². The Balaban J connectivity index is 1.35. The molecule has 242 valence electrons. The molecule has 0 atom stereocenters. The third-order valence-electron chi connectivity index (χ3n) is 11.5. The molecule has 0 unspecified atom stereocenters. The van der Waals surface area contributed by atoms with Gasteiger partial charge in [-0.3, -0.25) is 0 Å². The van der Waals surface area contributed by atoms with Crippen LogP contribution in [0.1, 0.15) is 22.3 Å². The molecule has 0 bridgehead atoms. The Morgan fingerprint density at radius 3 is 1.23 bits per heavy atom. The Morgan fingerprint density at radius 1 is 0.346 bits per heavy atom. The number of benzene rings is 8. The molecule has 0 N–H and O–H groups in total. The highest BCUT2D eigenvalue weighted by Gasteiger charge is 2.53. The molecule has 3 heteroatoms. The molecule has 0 saturated heterocycles. The number of hydrogen-bond acceptors (Lipinski definition) is 1. The van der Waals surface area contributed by atoms with E-state index in [-0.39, 0.29) is 0 Å². The number of rotatable bonds is 2. The second kappa shape index (κ2) is 10.1. The first-order valence-corrected chi connectivity index (χ1v) is 18.0. The SMILES string of the molecule is c1ccc(-n2c3ccccc3c3c4c(ccc32)-c2ccc3c(c2C42c4ccccc4Oc4ccccc42)c2ccccc2n3-c2ccccc2)cc1. The Labute approximate surface area is 300 Å². The van der Waals surface area contributed by atoms with Crippen LogP contribution in [0.3, 0.4) is 0 Å². The van der Waals surface area contributed by atoms with Crippen molar-refractivity contribution in [2.24, 2.45) is 0 Å². The summed E-state index contributed by atoms with van der Waals surface area (Å²) in [6.45, 7) is 0. The summed E-state index contributed by atoms with van der Waals surface area (Å²) >= 11 is 0. The van der Waals surface area contributed by atoms with Gasteiger partial charge in [0.2, 0.25) is 0 Å². The molecule has 0 amide bonds. The van der Waals surface area contributed by atoms with Crippen molar-refractivity contribution in [2.45, 2.75) is 5.41 Å². The minimum atomic E-state index is -0.674. The minimum absolute atomic E-state index is 0.674. The van der Waals surface area contributed by atoms with Gasteiger partial charge in [0, 0.05) is 44.0 Å². The zero-order chi connectivity index (χ0) is 34.0. The summed E-state index contributed by atoms with van der Waals surface area (Å²) in [4.78, 5) is 0. The highest BCUT2D eigenvalue weighted by atomic mass is 16.5. The Kier molecular flexibility index (Phi) is 5.43. The minimum Gasteiger partial charge on any atom is -0.457 e. The van der Waals surface area contributed by atoms with E-state index in [0.717, 1.165) is 22.9 Å². The van der Waals surface area contributed by atoms with Crippen molar-refractivity contribution in [3.8, 4) is 34.0 Å². The predicted octanol–water partition coefficient (Wildman–Crippen LogP) is 12.3. The van der Waals surface area contributed by atoms with Gasteiger partial charge in [0.25, 0.3) is 0 Å². The molecular formula is C49H30N2O. The Morgan fingerprint density at radius 2 is 0.750 bits per heavy atom. The molecule has 52 heavy (non-hydrogen) atoms. The number of nitrogens with zero attached hydrogens (tertiary/aromatic N) is 2. The molecule has 2 aliphatic rings. The first-order valence-electron chi connectivity index (χ1n) is 18.0. The summed E-state index contributed by atoms with van der Waals surface area (Å²) in [5, 5.41) is 5.05. The lowest BCUT2D eigenvalue weighted by atomic mass is 9.64. The number of para-hydroxylation sites is 6. The van der Waals surface area contributed by atoms with Gasteiger partial charge < -0.3 is 13.9 Å². The molecule has 1 aliphatic carbocycles. The maximum Gasteiger partial charge on any atom is 0.132 e. The van der Waals surface area contributed by atoms with E-state index in [0.29, 0.717) is 0 Å². The molecular weight excluding hydrogens is 633 g/mol. The molecule has 1 aliphatic heterocycles. The Bertz CT molecular complexity index is 2880. The van der Waals surface area contributed by atoms with Gasteiger partial charge >= 0.3 is 0 Å². The standard InChI is InChI=1S/C49H30N2O/c1-3-15-31(16-4-1)50-39-23-11-7-19-35(39)45-41(50)29-27-33-34-28-30-42-46(36-20-8-12-24-40(36)51(42)32-17-5-2-6-18-32)48(34)49(47(33)45)37-21-9-13-25-43(37)52-44-26-14-10-22-38(44)49/h1-30H. The molecule has 3 heterocycles. The maximum absolute atomic E-state index is 6.83. The average Bonchev–Trinajstić information content (AvgIpc) is 3.83. The van der Waals surface area contributed by atoms with Crippen LogP contribution >= 0.6 is 0 Å². The second-order valence-electron chi connectivity index (χ2n) is 14.0. The number of hydrogen-bond donors (Lipinski definition) is 0. The van der Waals surface area contributed by atoms with Crippen molar-refractivity contribution in [3.05, 3.63) is 204 Å². The lowest BCUT2D eigenvalue weighted by Gasteiger charge is -2.40. The lowest BCUT2D eigenvalue weighted by Crippen LogP contribution is -2.32. The summed E-state index contributed by atoms with van der Waals surface area (Å²) < 4.78 is 11.7. The van der Waals surface area contributed by atoms with Gasteiger partial charge in [-0.1, -0.05) is 121 Å². The van der Waals surface area contributed by atoms with E-state index < -0.39 is 5.41 Å². The number of aromatic nitrogens is 2. The predicted molar refractivity (Wildman–Crippen MR) is 212 cm³/mol.